The molecule has 0 aromatic heterocycles. The van der Waals surface area contributed by atoms with Gasteiger partial charge in [0.05, 0.1) is 12.7 Å². The van der Waals surface area contributed by atoms with Gasteiger partial charge in [-0.2, -0.15) is 0 Å². The van der Waals surface area contributed by atoms with Crippen molar-refractivity contribution in [1.82, 2.24) is 0 Å². The first kappa shape index (κ1) is 17.3. The highest BCUT2D eigenvalue weighted by Crippen LogP contribution is 2.17. The quantitative estimate of drug-likeness (QED) is 0.624. The molecule has 0 aliphatic carbocycles. The number of benzene rings is 2. The molecule has 2 aromatic rings. The molecule has 0 spiro atoms. The van der Waals surface area contributed by atoms with E-state index in [4.69, 9.17) is 14.2 Å². The summed E-state index contributed by atoms with van der Waals surface area (Å²) >= 11 is 0. The van der Waals surface area contributed by atoms with Gasteiger partial charge in [0.2, 0.25) is 5.91 Å². The third-order valence-electron chi connectivity index (χ3n) is 3.06. The Bertz CT molecular complexity index is 697. The average molecular weight is 329 g/mol. The summed E-state index contributed by atoms with van der Waals surface area (Å²) in [7, 11) is 1.59. The number of rotatable bonds is 7. The SMILES string of the molecule is COc1ccc(OCCOC(=O)c2cccc(NC(C)=O)c2)cc1. The van der Waals surface area contributed by atoms with Crippen molar-refractivity contribution in [1.29, 1.82) is 0 Å². The van der Waals surface area contributed by atoms with Crippen LogP contribution in [0.5, 0.6) is 11.5 Å². The van der Waals surface area contributed by atoms with Crippen LogP contribution in [0, 0.1) is 0 Å². The van der Waals surface area contributed by atoms with E-state index in [2.05, 4.69) is 5.32 Å². The summed E-state index contributed by atoms with van der Waals surface area (Å²) in [5, 5.41) is 2.62. The Morgan fingerprint density at radius 3 is 2.38 bits per heavy atom. The Hall–Kier alpha value is -3.02. The summed E-state index contributed by atoms with van der Waals surface area (Å²) in [6.07, 6.45) is 0. The number of amides is 1. The van der Waals surface area contributed by atoms with Gasteiger partial charge < -0.3 is 19.5 Å². The third kappa shape index (κ3) is 5.31. The van der Waals surface area contributed by atoms with Gasteiger partial charge in [-0.15, -0.1) is 0 Å². The smallest absolute Gasteiger partial charge is 0.338 e. The van der Waals surface area contributed by atoms with Gasteiger partial charge in [-0.25, -0.2) is 4.79 Å². The molecule has 0 heterocycles. The Labute approximate surface area is 140 Å². The second-order valence-corrected chi connectivity index (χ2v) is 4.92. The van der Waals surface area contributed by atoms with Crippen LogP contribution in [0.1, 0.15) is 17.3 Å². The molecule has 0 bridgehead atoms. The van der Waals surface area contributed by atoms with E-state index in [9.17, 15) is 9.59 Å². The molecular formula is C18H19NO5. The topological polar surface area (TPSA) is 73.9 Å². The number of ether oxygens (including phenoxy) is 3. The number of hydrogen-bond acceptors (Lipinski definition) is 5. The van der Waals surface area contributed by atoms with Crippen LogP contribution in [-0.2, 0) is 9.53 Å². The second kappa shape index (κ2) is 8.57. The molecule has 1 amide bonds. The summed E-state index contributed by atoms with van der Waals surface area (Å²) in [4.78, 5) is 23.0. The molecule has 24 heavy (non-hydrogen) atoms. The van der Waals surface area contributed by atoms with E-state index in [1.165, 1.54) is 6.92 Å². The first-order chi connectivity index (χ1) is 11.6. The standard InChI is InChI=1S/C18H19NO5/c1-13(20)19-15-5-3-4-14(12-15)18(21)24-11-10-23-17-8-6-16(22-2)7-9-17/h3-9,12H,10-11H2,1-2H3,(H,19,20). The predicted molar refractivity (Wildman–Crippen MR) is 89.5 cm³/mol. The summed E-state index contributed by atoms with van der Waals surface area (Å²) in [5.41, 5.74) is 0.914. The number of methoxy groups -OCH3 is 1. The van der Waals surface area contributed by atoms with Crippen LogP contribution >= 0.6 is 0 Å². The van der Waals surface area contributed by atoms with Gasteiger partial charge in [0.1, 0.15) is 24.7 Å². The minimum atomic E-state index is -0.472. The lowest BCUT2D eigenvalue weighted by Crippen LogP contribution is -2.13. The van der Waals surface area contributed by atoms with E-state index in [1.54, 1.807) is 55.6 Å². The van der Waals surface area contributed by atoms with Gasteiger partial charge in [0, 0.05) is 12.6 Å². The minimum absolute atomic E-state index is 0.120. The lowest BCUT2D eigenvalue weighted by molar-refractivity contribution is -0.114. The van der Waals surface area contributed by atoms with E-state index >= 15 is 0 Å². The second-order valence-electron chi connectivity index (χ2n) is 4.92. The molecule has 1 N–H and O–H groups in total. The van der Waals surface area contributed by atoms with E-state index in [-0.39, 0.29) is 19.1 Å². The van der Waals surface area contributed by atoms with E-state index in [0.717, 1.165) is 5.75 Å². The largest absolute Gasteiger partial charge is 0.497 e. The zero-order valence-corrected chi connectivity index (χ0v) is 13.6. The molecule has 2 rings (SSSR count). The zero-order chi connectivity index (χ0) is 17.4. The van der Waals surface area contributed by atoms with E-state index in [0.29, 0.717) is 17.0 Å². The highest BCUT2D eigenvalue weighted by atomic mass is 16.6. The van der Waals surface area contributed by atoms with Crippen molar-refractivity contribution in [2.24, 2.45) is 0 Å². The molecular weight excluding hydrogens is 310 g/mol. The molecule has 126 valence electrons. The van der Waals surface area contributed by atoms with E-state index in [1.807, 2.05) is 0 Å². The fourth-order valence-corrected chi connectivity index (χ4v) is 1.98. The Balaban J connectivity index is 1.79. The fourth-order valence-electron chi connectivity index (χ4n) is 1.98. The van der Waals surface area contributed by atoms with Gasteiger partial charge in [-0.3, -0.25) is 4.79 Å². The van der Waals surface area contributed by atoms with Crippen molar-refractivity contribution < 1.29 is 23.8 Å². The fraction of sp³-hybridized carbons (Fsp3) is 0.222. The molecule has 0 saturated heterocycles. The molecule has 0 aliphatic heterocycles. The average Bonchev–Trinajstić information content (AvgIpc) is 2.58. The van der Waals surface area contributed by atoms with Crippen molar-refractivity contribution >= 4 is 17.6 Å². The van der Waals surface area contributed by atoms with Gasteiger partial charge in [-0.1, -0.05) is 6.07 Å². The number of anilines is 1. The molecule has 0 unspecified atom stereocenters. The Morgan fingerprint density at radius 1 is 1.00 bits per heavy atom. The molecule has 6 heteroatoms. The van der Waals surface area contributed by atoms with Gasteiger partial charge >= 0.3 is 5.97 Å². The molecule has 0 fully saturated rings. The Morgan fingerprint density at radius 2 is 1.71 bits per heavy atom. The van der Waals surface area contributed by atoms with E-state index < -0.39 is 5.97 Å². The van der Waals surface area contributed by atoms with Gasteiger partial charge in [0.25, 0.3) is 0 Å². The first-order valence-electron chi connectivity index (χ1n) is 7.40. The predicted octanol–water partition coefficient (Wildman–Crippen LogP) is 2.89. The monoisotopic (exact) mass is 329 g/mol. The number of carbonyl (C=O) groups excluding carboxylic acids is 2. The number of nitrogens with one attached hydrogen (secondary N) is 1. The first-order valence-corrected chi connectivity index (χ1v) is 7.40. The van der Waals surface area contributed by atoms with Crippen LogP contribution in [0.3, 0.4) is 0 Å². The van der Waals surface area contributed by atoms with Crippen LogP contribution in [0.25, 0.3) is 0 Å². The maximum Gasteiger partial charge on any atom is 0.338 e. The third-order valence-corrected chi connectivity index (χ3v) is 3.06. The van der Waals surface area contributed by atoms with Crippen molar-refractivity contribution in [3.05, 3.63) is 54.1 Å². The normalized spacial score (nSPS) is 9.92. The van der Waals surface area contributed by atoms with Crippen LogP contribution in [0.2, 0.25) is 0 Å². The molecule has 2 aromatic carbocycles. The van der Waals surface area contributed by atoms with Crippen LogP contribution < -0.4 is 14.8 Å². The maximum absolute atomic E-state index is 12.0. The van der Waals surface area contributed by atoms with Crippen molar-refractivity contribution in [3.63, 3.8) is 0 Å². The van der Waals surface area contributed by atoms with Crippen molar-refractivity contribution in [2.45, 2.75) is 6.92 Å². The molecule has 0 atom stereocenters. The lowest BCUT2D eigenvalue weighted by Gasteiger charge is -2.09. The van der Waals surface area contributed by atoms with Crippen molar-refractivity contribution in [3.8, 4) is 11.5 Å². The lowest BCUT2D eigenvalue weighted by atomic mass is 10.2. The van der Waals surface area contributed by atoms with Crippen LogP contribution in [0.15, 0.2) is 48.5 Å². The number of esters is 1. The van der Waals surface area contributed by atoms with Crippen molar-refractivity contribution in [2.75, 3.05) is 25.6 Å². The molecule has 0 saturated carbocycles. The van der Waals surface area contributed by atoms with Crippen LogP contribution in [-0.4, -0.2) is 32.2 Å². The zero-order valence-electron chi connectivity index (χ0n) is 13.6. The highest BCUT2D eigenvalue weighted by molar-refractivity contribution is 5.93. The summed E-state index contributed by atoms with van der Waals surface area (Å²) < 4.78 is 15.7. The molecule has 0 aliphatic rings. The highest BCUT2D eigenvalue weighted by Gasteiger charge is 2.08. The van der Waals surface area contributed by atoms with Gasteiger partial charge in [0.15, 0.2) is 0 Å². The molecule has 0 radical (unpaired) electrons. The maximum atomic E-state index is 12.0. The van der Waals surface area contributed by atoms with Gasteiger partial charge in [-0.05, 0) is 42.5 Å². The number of hydrogen-bond donors (Lipinski definition) is 1. The molecule has 6 nitrogen and oxygen atoms in total. The number of carbonyl (C=O) groups is 2. The summed E-state index contributed by atoms with van der Waals surface area (Å²) in [6.45, 7) is 1.76. The minimum Gasteiger partial charge on any atom is -0.497 e. The summed E-state index contributed by atoms with van der Waals surface area (Å²) in [6, 6.07) is 13.7. The summed E-state index contributed by atoms with van der Waals surface area (Å²) in [5.74, 6) is 0.737. The van der Waals surface area contributed by atoms with Crippen LogP contribution in [0.4, 0.5) is 5.69 Å². The Kier molecular flexibility index (Phi) is 6.19.